The molecule has 18 heavy (non-hydrogen) atoms. The molecule has 2 heterocycles. The molecular formula is C12H19N5O. The molecular weight excluding hydrogens is 230 g/mol. The number of aromatic nitrogens is 3. The van der Waals surface area contributed by atoms with Crippen molar-refractivity contribution in [3.63, 3.8) is 0 Å². The molecule has 0 aliphatic carbocycles. The lowest BCUT2D eigenvalue weighted by Crippen LogP contribution is -2.43. The SMILES string of the molecule is CN(C)CC(C)(O)CNc1nccn2nccc12. The monoisotopic (exact) mass is 249 g/mol. The van der Waals surface area contributed by atoms with E-state index < -0.39 is 5.60 Å². The quantitative estimate of drug-likeness (QED) is 0.805. The molecule has 0 fully saturated rings. The zero-order chi connectivity index (χ0) is 13.2. The van der Waals surface area contributed by atoms with Crippen LogP contribution in [-0.2, 0) is 0 Å². The van der Waals surface area contributed by atoms with Gasteiger partial charge in [0.1, 0.15) is 5.52 Å². The third kappa shape index (κ3) is 2.96. The summed E-state index contributed by atoms with van der Waals surface area (Å²) in [4.78, 5) is 6.22. The molecule has 0 bridgehead atoms. The predicted molar refractivity (Wildman–Crippen MR) is 70.7 cm³/mol. The van der Waals surface area contributed by atoms with Gasteiger partial charge in [0.2, 0.25) is 0 Å². The minimum Gasteiger partial charge on any atom is -0.387 e. The van der Waals surface area contributed by atoms with E-state index in [0.29, 0.717) is 13.1 Å². The van der Waals surface area contributed by atoms with Crippen LogP contribution in [0.15, 0.2) is 24.7 Å². The first-order chi connectivity index (χ1) is 8.48. The molecule has 98 valence electrons. The maximum Gasteiger partial charge on any atom is 0.152 e. The van der Waals surface area contributed by atoms with Crippen molar-refractivity contribution in [1.29, 1.82) is 0 Å². The van der Waals surface area contributed by atoms with Crippen LogP contribution in [-0.4, -0.2) is 57.4 Å². The number of hydrogen-bond acceptors (Lipinski definition) is 5. The number of nitrogens with zero attached hydrogens (tertiary/aromatic N) is 4. The zero-order valence-electron chi connectivity index (χ0n) is 11.0. The highest BCUT2D eigenvalue weighted by Crippen LogP contribution is 2.14. The lowest BCUT2D eigenvalue weighted by Gasteiger charge is -2.27. The Kier molecular flexibility index (Phi) is 3.49. The first kappa shape index (κ1) is 12.8. The van der Waals surface area contributed by atoms with E-state index in [4.69, 9.17) is 0 Å². The summed E-state index contributed by atoms with van der Waals surface area (Å²) < 4.78 is 1.75. The van der Waals surface area contributed by atoms with E-state index >= 15 is 0 Å². The molecule has 2 N–H and O–H groups in total. The Morgan fingerprint density at radius 1 is 1.44 bits per heavy atom. The number of fused-ring (bicyclic) bond motifs is 1. The molecule has 6 heteroatoms. The average Bonchev–Trinajstić information content (AvgIpc) is 2.72. The summed E-state index contributed by atoms with van der Waals surface area (Å²) in [7, 11) is 3.87. The van der Waals surface area contributed by atoms with Crippen molar-refractivity contribution in [1.82, 2.24) is 19.5 Å². The maximum atomic E-state index is 10.2. The van der Waals surface area contributed by atoms with Gasteiger partial charge in [-0.3, -0.25) is 0 Å². The van der Waals surface area contributed by atoms with Crippen molar-refractivity contribution < 1.29 is 5.11 Å². The normalized spacial score (nSPS) is 14.9. The van der Waals surface area contributed by atoms with Gasteiger partial charge < -0.3 is 15.3 Å². The Hall–Kier alpha value is -1.66. The van der Waals surface area contributed by atoms with Crippen LogP contribution in [0.4, 0.5) is 5.82 Å². The van der Waals surface area contributed by atoms with Crippen LogP contribution in [0.1, 0.15) is 6.92 Å². The molecule has 0 amide bonds. The van der Waals surface area contributed by atoms with Crippen LogP contribution in [0.25, 0.3) is 5.52 Å². The molecule has 2 aromatic heterocycles. The molecule has 0 radical (unpaired) electrons. The minimum absolute atomic E-state index is 0.434. The van der Waals surface area contributed by atoms with Gasteiger partial charge >= 0.3 is 0 Å². The summed E-state index contributed by atoms with van der Waals surface area (Å²) in [5.41, 5.74) is 0.0936. The molecule has 0 spiro atoms. The smallest absolute Gasteiger partial charge is 0.152 e. The van der Waals surface area contributed by atoms with Crippen molar-refractivity contribution in [2.45, 2.75) is 12.5 Å². The standard InChI is InChI=1S/C12H19N5O/c1-12(18,9-16(2)3)8-14-11-10-4-5-15-17(10)7-6-13-11/h4-7,18H,8-9H2,1-3H3,(H,13,14). The van der Waals surface area contributed by atoms with Crippen molar-refractivity contribution in [2.75, 3.05) is 32.5 Å². The Bertz CT molecular complexity index is 520. The second kappa shape index (κ2) is 4.91. The van der Waals surface area contributed by atoms with Crippen LogP contribution in [0.3, 0.4) is 0 Å². The first-order valence-electron chi connectivity index (χ1n) is 5.87. The van der Waals surface area contributed by atoms with Crippen molar-refractivity contribution in [3.05, 3.63) is 24.7 Å². The van der Waals surface area contributed by atoms with Crippen LogP contribution < -0.4 is 5.32 Å². The topological polar surface area (TPSA) is 65.7 Å². The lowest BCUT2D eigenvalue weighted by molar-refractivity contribution is 0.0459. The zero-order valence-corrected chi connectivity index (χ0v) is 11.0. The van der Waals surface area contributed by atoms with E-state index in [-0.39, 0.29) is 0 Å². The number of likely N-dealkylation sites (N-methyl/N-ethyl adjacent to an activating group) is 1. The van der Waals surface area contributed by atoms with Crippen LogP contribution in [0.2, 0.25) is 0 Å². The molecule has 0 aliphatic heterocycles. The predicted octanol–water partition coefficient (Wildman–Crippen LogP) is 0.454. The van der Waals surface area contributed by atoms with Gasteiger partial charge in [0.05, 0.1) is 11.8 Å². The van der Waals surface area contributed by atoms with Crippen LogP contribution in [0, 0.1) is 0 Å². The molecule has 0 aliphatic rings. The number of anilines is 1. The Balaban J connectivity index is 2.08. The molecule has 1 unspecified atom stereocenters. The molecule has 0 saturated heterocycles. The summed E-state index contributed by atoms with van der Waals surface area (Å²) in [5, 5.41) is 17.5. The van der Waals surface area contributed by atoms with Crippen molar-refractivity contribution >= 4 is 11.3 Å². The summed E-state index contributed by atoms with van der Waals surface area (Å²) in [6, 6.07) is 1.88. The number of nitrogens with one attached hydrogen (secondary N) is 1. The Morgan fingerprint density at radius 3 is 2.94 bits per heavy atom. The number of aliphatic hydroxyl groups is 1. The van der Waals surface area contributed by atoms with E-state index in [1.165, 1.54) is 0 Å². The Labute approximate surface area is 106 Å². The van der Waals surface area contributed by atoms with Gasteiger partial charge in [0.25, 0.3) is 0 Å². The second-order valence-corrected chi connectivity index (χ2v) is 5.03. The van der Waals surface area contributed by atoms with Gasteiger partial charge in [-0.2, -0.15) is 5.10 Å². The lowest BCUT2D eigenvalue weighted by atomic mass is 10.1. The molecule has 2 rings (SSSR count). The van der Waals surface area contributed by atoms with Gasteiger partial charge in [0, 0.05) is 25.5 Å². The fraction of sp³-hybridized carbons (Fsp3) is 0.500. The van der Waals surface area contributed by atoms with E-state index in [1.54, 1.807) is 30.0 Å². The highest BCUT2D eigenvalue weighted by atomic mass is 16.3. The fourth-order valence-electron chi connectivity index (χ4n) is 2.01. The van der Waals surface area contributed by atoms with E-state index in [2.05, 4.69) is 15.4 Å². The summed E-state index contributed by atoms with van der Waals surface area (Å²) in [5.74, 6) is 0.731. The molecule has 6 nitrogen and oxygen atoms in total. The third-order valence-electron chi connectivity index (χ3n) is 2.62. The third-order valence-corrected chi connectivity index (χ3v) is 2.62. The number of rotatable bonds is 5. The van der Waals surface area contributed by atoms with Crippen LogP contribution >= 0.6 is 0 Å². The van der Waals surface area contributed by atoms with Crippen LogP contribution in [0.5, 0.6) is 0 Å². The van der Waals surface area contributed by atoms with Crippen molar-refractivity contribution in [2.24, 2.45) is 0 Å². The number of hydrogen-bond donors (Lipinski definition) is 2. The maximum absolute atomic E-state index is 10.2. The second-order valence-electron chi connectivity index (χ2n) is 5.03. The largest absolute Gasteiger partial charge is 0.387 e. The van der Waals surface area contributed by atoms with Crippen molar-refractivity contribution in [3.8, 4) is 0 Å². The van der Waals surface area contributed by atoms with Gasteiger partial charge in [0.15, 0.2) is 5.82 Å². The summed E-state index contributed by atoms with van der Waals surface area (Å²) in [6.07, 6.45) is 5.20. The van der Waals surface area contributed by atoms with Gasteiger partial charge in [-0.05, 0) is 27.1 Å². The molecule has 0 saturated carbocycles. The average molecular weight is 249 g/mol. The molecule has 2 aromatic rings. The Morgan fingerprint density at radius 2 is 2.22 bits per heavy atom. The van der Waals surface area contributed by atoms with Gasteiger partial charge in [-0.1, -0.05) is 0 Å². The fourth-order valence-corrected chi connectivity index (χ4v) is 2.01. The van der Waals surface area contributed by atoms with Gasteiger partial charge in [-0.25, -0.2) is 9.50 Å². The minimum atomic E-state index is -0.808. The summed E-state index contributed by atoms with van der Waals surface area (Å²) >= 11 is 0. The molecule has 0 aromatic carbocycles. The van der Waals surface area contributed by atoms with Gasteiger partial charge in [-0.15, -0.1) is 0 Å². The highest BCUT2D eigenvalue weighted by Gasteiger charge is 2.21. The van der Waals surface area contributed by atoms with E-state index in [9.17, 15) is 5.11 Å². The summed E-state index contributed by atoms with van der Waals surface area (Å²) in [6.45, 7) is 2.82. The van der Waals surface area contributed by atoms with E-state index in [0.717, 1.165) is 11.3 Å². The highest BCUT2D eigenvalue weighted by molar-refractivity contribution is 5.66. The first-order valence-corrected chi connectivity index (χ1v) is 5.87. The molecule has 1 atom stereocenters. The van der Waals surface area contributed by atoms with E-state index in [1.807, 2.05) is 25.1 Å².